The van der Waals surface area contributed by atoms with Crippen molar-refractivity contribution in [3.05, 3.63) is 54.4 Å². The van der Waals surface area contributed by atoms with Gasteiger partial charge in [0.05, 0.1) is 0 Å². The zero-order valence-corrected chi connectivity index (χ0v) is 8.29. The minimum atomic E-state index is 1.30. The number of benzene rings is 1. The number of rotatable bonds is 2. The first-order chi connectivity index (χ1) is 6.36. The van der Waals surface area contributed by atoms with Crippen LogP contribution in [0.3, 0.4) is 0 Å². The molecule has 0 unspecified atom stereocenters. The highest BCUT2D eigenvalue weighted by Gasteiger charge is 1.97. The maximum Gasteiger partial charge on any atom is 0.0319 e. The van der Waals surface area contributed by atoms with E-state index in [1.807, 2.05) is 12.1 Å². The molecule has 1 aromatic heterocycles. The number of nitrogens with zero attached hydrogens (tertiary/aromatic N) is 1. The molecule has 0 radical (unpaired) electrons. The van der Waals surface area contributed by atoms with Crippen LogP contribution in [0.25, 0.3) is 0 Å². The Bertz CT molecular complexity index is 379. The van der Waals surface area contributed by atoms with E-state index in [1.165, 1.54) is 10.5 Å². The molecule has 0 saturated carbocycles. The molecule has 0 aliphatic rings. The van der Waals surface area contributed by atoms with Crippen LogP contribution in [0.5, 0.6) is 0 Å². The van der Waals surface area contributed by atoms with Gasteiger partial charge in [-0.05, 0) is 42.6 Å². The van der Waals surface area contributed by atoms with Gasteiger partial charge in [0.25, 0.3) is 0 Å². The average Bonchev–Trinajstić information content (AvgIpc) is 2.61. The third-order valence-electron chi connectivity index (χ3n) is 1.87. The van der Waals surface area contributed by atoms with Crippen molar-refractivity contribution in [2.75, 3.05) is 0 Å². The van der Waals surface area contributed by atoms with Crippen molar-refractivity contribution in [3.63, 3.8) is 0 Å². The van der Waals surface area contributed by atoms with Crippen LogP contribution in [0.4, 0.5) is 0 Å². The summed E-state index contributed by atoms with van der Waals surface area (Å²) in [5.41, 5.74) is 1.32. The van der Waals surface area contributed by atoms with E-state index in [-0.39, 0.29) is 0 Å². The maximum absolute atomic E-state index is 2.14. The lowest BCUT2D eigenvalue weighted by atomic mass is 10.2. The van der Waals surface area contributed by atoms with E-state index in [2.05, 4.69) is 47.6 Å². The molecule has 0 spiro atoms. The SMILES string of the molecule is Cc1ccccc1Sn1cccc1. The van der Waals surface area contributed by atoms with Crippen molar-refractivity contribution in [1.29, 1.82) is 0 Å². The molecular formula is C11H11NS. The van der Waals surface area contributed by atoms with Crippen LogP contribution in [0.1, 0.15) is 5.56 Å². The van der Waals surface area contributed by atoms with Crippen molar-refractivity contribution in [3.8, 4) is 0 Å². The molecule has 1 nitrogen and oxygen atoms in total. The van der Waals surface area contributed by atoms with Gasteiger partial charge in [-0.2, -0.15) is 0 Å². The number of aromatic nitrogens is 1. The van der Waals surface area contributed by atoms with E-state index < -0.39 is 0 Å². The van der Waals surface area contributed by atoms with Gasteiger partial charge in [-0.1, -0.05) is 18.2 Å². The molecule has 2 rings (SSSR count). The summed E-state index contributed by atoms with van der Waals surface area (Å²) < 4.78 is 2.10. The number of aryl methyl sites for hydroxylation is 1. The van der Waals surface area contributed by atoms with Gasteiger partial charge in [0.1, 0.15) is 0 Å². The normalized spacial score (nSPS) is 10.2. The summed E-state index contributed by atoms with van der Waals surface area (Å²) in [5.74, 6) is 0. The highest BCUT2D eigenvalue weighted by atomic mass is 32.2. The van der Waals surface area contributed by atoms with E-state index in [0.29, 0.717) is 0 Å². The lowest BCUT2D eigenvalue weighted by Crippen LogP contribution is -1.83. The van der Waals surface area contributed by atoms with Crippen molar-refractivity contribution >= 4 is 11.9 Å². The van der Waals surface area contributed by atoms with Crippen LogP contribution in [-0.2, 0) is 0 Å². The molecule has 0 bridgehead atoms. The monoisotopic (exact) mass is 189 g/mol. The van der Waals surface area contributed by atoms with Gasteiger partial charge in [0, 0.05) is 17.3 Å². The third kappa shape index (κ3) is 1.95. The summed E-state index contributed by atoms with van der Waals surface area (Å²) >= 11 is 1.74. The number of hydrogen-bond donors (Lipinski definition) is 0. The fourth-order valence-electron chi connectivity index (χ4n) is 1.15. The molecule has 66 valence electrons. The quantitative estimate of drug-likeness (QED) is 0.701. The van der Waals surface area contributed by atoms with Crippen LogP contribution in [0.15, 0.2) is 53.7 Å². The summed E-state index contributed by atoms with van der Waals surface area (Å²) in [6.45, 7) is 2.13. The minimum absolute atomic E-state index is 1.30. The van der Waals surface area contributed by atoms with Crippen LogP contribution < -0.4 is 0 Å². The lowest BCUT2D eigenvalue weighted by Gasteiger charge is -2.04. The second-order valence-electron chi connectivity index (χ2n) is 2.90. The van der Waals surface area contributed by atoms with E-state index in [9.17, 15) is 0 Å². The van der Waals surface area contributed by atoms with Crippen LogP contribution in [-0.4, -0.2) is 3.97 Å². The van der Waals surface area contributed by atoms with Crippen LogP contribution in [0.2, 0.25) is 0 Å². The molecule has 2 heteroatoms. The lowest BCUT2D eigenvalue weighted by molar-refractivity contribution is 1.23. The van der Waals surface area contributed by atoms with Crippen molar-refractivity contribution in [1.82, 2.24) is 3.97 Å². The van der Waals surface area contributed by atoms with Gasteiger partial charge >= 0.3 is 0 Å². The van der Waals surface area contributed by atoms with Gasteiger partial charge < -0.3 is 0 Å². The first-order valence-corrected chi connectivity index (χ1v) is 5.00. The standard InChI is InChI=1S/C11H11NS/c1-10-6-2-3-7-11(10)13-12-8-4-5-9-12/h2-9H,1H3. The first kappa shape index (κ1) is 8.45. The fourth-order valence-corrected chi connectivity index (χ4v) is 1.99. The Morgan fingerprint density at radius 1 is 1.00 bits per heavy atom. The molecular weight excluding hydrogens is 178 g/mol. The van der Waals surface area contributed by atoms with Gasteiger partial charge in [0.2, 0.25) is 0 Å². The third-order valence-corrected chi connectivity index (χ3v) is 2.98. The second-order valence-corrected chi connectivity index (χ2v) is 3.94. The molecule has 13 heavy (non-hydrogen) atoms. The summed E-state index contributed by atoms with van der Waals surface area (Å²) in [5, 5.41) is 0. The van der Waals surface area contributed by atoms with Gasteiger partial charge in [0.15, 0.2) is 0 Å². The first-order valence-electron chi connectivity index (χ1n) is 4.23. The van der Waals surface area contributed by atoms with Gasteiger partial charge in [-0.15, -0.1) is 0 Å². The zero-order chi connectivity index (χ0) is 9.10. The Hall–Kier alpha value is -1.15. The van der Waals surface area contributed by atoms with Crippen molar-refractivity contribution in [2.24, 2.45) is 0 Å². The predicted octanol–water partition coefficient (Wildman–Crippen LogP) is 3.35. The van der Waals surface area contributed by atoms with E-state index in [0.717, 1.165) is 0 Å². The second kappa shape index (κ2) is 3.71. The molecule has 0 atom stereocenters. The molecule has 0 aliphatic carbocycles. The average molecular weight is 189 g/mol. The highest BCUT2D eigenvalue weighted by Crippen LogP contribution is 2.23. The van der Waals surface area contributed by atoms with Gasteiger partial charge in [-0.25, -0.2) is 0 Å². The summed E-state index contributed by atoms with van der Waals surface area (Å²) in [6.07, 6.45) is 4.11. The predicted molar refractivity (Wildman–Crippen MR) is 56.9 cm³/mol. The zero-order valence-electron chi connectivity index (χ0n) is 7.47. The van der Waals surface area contributed by atoms with Gasteiger partial charge in [-0.3, -0.25) is 3.97 Å². The Balaban J connectivity index is 2.24. The smallest absolute Gasteiger partial charge is 0.0319 e. The Kier molecular flexibility index (Phi) is 2.41. The fraction of sp³-hybridized carbons (Fsp3) is 0.0909. The molecule has 2 aromatic rings. The van der Waals surface area contributed by atoms with Crippen LogP contribution >= 0.6 is 11.9 Å². The van der Waals surface area contributed by atoms with Crippen LogP contribution in [0, 0.1) is 6.92 Å². The summed E-state index contributed by atoms with van der Waals surface area (Å²) in [4.78, 5) is 1.30. The summed E-state index contributed by atoms with van der Waals surface area (Å²) in [6, 6.07) is 12.5. The maximum atomic E-state index is 2.14. The van der Waals surface area contributed by atoms with Crippen molar-refractivity contribution < 1.29 is 0 Å². The van der Waals surface area contributed by atoms with Crippen molar-refractivity contribution in [2.45, 2.75) is 11.8 Å². The molecule has 0 amide bonds. The molecule has 0 N–H and O–H groups in total. The molecule has 0 aliphatic heterocycles. The summed E-state index contributed by atoms with van der Waals surface area (Å²) in [7, 11) is 0. The largest absolute Gasteiger partial charge is 0.295 e. The molecule has 0 fully saturated rings. The Morgan fingerprint density at radius 3 is 2.38 bits per heavy atom. The topological polar surface area (TPSA) is 4.93 Å². The highest BCUT2D eigenvalue weighted by molar-refractivity contribution is 7.97. The molecule has 1 heterocycles. The molecule has 0 saturated heterocycles. The Morgan fingerprint density at radius 2 is 1.69 bits per heavy atom. The number of hydrogen-bond acceptors (Lipinski definition) is 1. The minimum Gasteiger partial charge on any atom is -0.295 e. The molecule has 1 aromatic carbocycles. The van der Waals surface area contributed by atoms with E-state index >= 15 is 0 Å². The van der Waals surface area contributed by atoms with E-state index in [1.54, 1.807) is 11.9 Å². The van der Waals surface area contributed by atoms with E-state index in [4.69, 9.17) is 0 Å². The Labute approximate surface area is 82.5 Å².